The molecule has 0 saturated carbocycles. The summed E-state index contributed by atoms with van der Waals surface area (Å²) in [6, 6.07) is 4.89. The number of aromatic nitrogens is 1. The highest BCUT2D eigenvalue weighted by Crippen LogP contribution is 2.19. The number of nitrogens with one attached hydrogen (secondary N) is 4. The van der Waals surface area contributed by atoms with Crippen molar-refractivity contribution in [3.05, 3.63) is 59.7 Å². The van der Waals surface area contributed by atoms with E-state index in [-0.39, 0.29) is 31.6 Å². The Morgan fingerprint density at radius 3 is 2.35 bits per heavy atom. The lowest BCUT2D eigenvalue weighted by Crippen LogP contribution is -2.58. The molecule has 13 heteroatoms. The molecule has 0 aliphatic rings. The number of carbonyl (C=O) groups is 4. The van der Waals surface area contributed by atoms with Crippen LogP contribution in [0.25, 0.3) is 0 Å². The summed E-state index contributed by atoms with van der Waals surface area (Å²) in [4.78, 5) is 56.3. The van der Waals surface area contributed by atoms with Crippen LogP contribution in [-0.2, 0) is 36.7 Å². The number of pyridine rings is 1. The van der Waals surface area contributed by atoms with E-state index in [2.05, 4.69) is 26.3 Å². The molecule has 52 heavy (non-hydrogen) atoms. The average molecular weight is 730 g/mol. The topological polar surface area (TPSA) is 157 Å². The Kier molecular flexibility index (Phi) is 19.1. The van der Waals surface area contributed by atoms with Crippen LogP contribution in [0, 0.1) is 11.7 Å². The fourth-order valence-corrected chi connectivity index (χ4v) is 5.27. The number of aryl methyl sites for hydroxylation is 1. The molecular weight excluding hydrogens is 669 g/mol. The summed E-state index contributed by atoms with van der Waals surface area (Å²) in [6.07, 6.45) is 6.88. The minimum atomic E-state index is -0.943. The second-order valence-electron chi connectivity index (χ2n) is 14.4. The van der Waals surface area contributed by atoms with Crippen molar-refractivity contribution in [3.63, 3.8) is 0 Å². The van der Waals surface area contributed by atoms with Crippen molar-refractivity contribution in [2.75, 3.05) is 19.8 Å². The highest BCUT2D eigenvalue weighted by atomic mass is 19.1. The molecule has 0 fully saturated rings. The third-order valence-corrected chi connectivity index (χ3v) is 7.95. The fraction of sp³-hybridized carbons (Fsp3) is 0.615. The van der Waals surface area contributed by atoms with Gasteiger partial charge in [-0.1, -0.05) is 52.7 Å². The molecule has 0 saturated heterocycles. The van der Waals surface area contributed by atoms with Crippen LogP contribution in [0.2, 0.25) is 0 Å². The zero-order valence-electron chi connectivity index (χ0n) is 32.2. The summed E-state index contributed by atoms with van der Waals surface area (Å²) in [5.41, 5.74) is 0.924. The van der Waals surface area contributed by atoms with E-state index in [0.717, 1.165) is 18.4 Å². The third-order valence-electron chi connectivity index (χ3n) is 7.95. The van der Waals surface area contributed by atoms with Gasteiger partial charge in [0.05, 0.1) is 18.8 Å². The van der Waals surface area contributed by atoms with Gasteiger partial charge in [0.2, 0.25) is 11.8 Å². The lowest BCUT2D eigenvalue weighted by Gasteiger charge is -2.28. The van der Waals surface area contributed by atoms with Crippen LogP contribution in [0.4, 0.5) is 9.18 Å². The number of amides is 3. The first-order valence-corrected chi connectivity index (χ1v) is 18.4. The number of halogens is 1. The summed E-state index contributed by atoms with van der Waals surface area (Å²) in [7, 11) is 0. The van der Waals surface area contributed by atoms with Crippen molar-refractivity contribution >= 4 is 23.9 Å². The minimum absolute atomic E-state index is 0.144. The maximum atomic E-state index is 14.1. The van der Waals surface area contributed by atoms with E-state index < -0.39 is 53.4 Å². The number of hydrogen-bond donors (Lipinski definition) is 4. The lowest BCUT2D eigenvalue weighted by molar-refractivity contribution is -0.148. The fourth-order valence-electron chi connectivity index (χ4n) is 5.27. The zero-order chi connectivity index (χ0) is 38.7. The number of benzene rings is 1. The maximum absolute atomic E-state index is 14.1. The molecule has 0 spiro atoms. The Morgan fingerprint density at radius 1 is 0.942 bits per heavy atom. The van der Waals surface area contributed by atoms with Crippen LogP contribution in [0.15, 0.2) is 42.7 Å². The van der Waals surface area contributed by atoms with Gasteiger partial charge in [-0.3, -0.25) is 19.9 Å². The smallest absolute Gasteiger partial charge is 0.407 e. The van der Waals surface area contributed by atoms with Crippen LogP contribution in [0.5, 0.6) is 5.75 Å². The van der Waals surface area contributed by atoms with Gasteiger partial charge in [0.1, 0.15) is 35.9 Å². The molecule has 290 valence electrons. The van der Waals surface area contributed by atoms with Gasteiger partial charge in [-0.15, -0.1) is 0 Å². The van der Waals surface area contributed by atoms with E-state index in [4.69, 9.17) is 14.2 Å². The van der Waals surface area contributed by atoms with Gasteiger partial charge in [0.15, 0.2) is 0 Å². The van der Waals surface area contributed by atoms with Crippen molar-refractivity contribution in [2.24, 2.45) is 5.92 Å². The number of unbranched alkanes of at least 4 members (excludes halogenated alkanes) is 1. The van der Waals surface area contributed by atoms with E-state index in [1.807, 2.05) is 40.7 Å². The van der Waals surface area contributed by atoms with Crippen LogP contribution in [-0.4, -0.2) is 78.4 Å². The second-order valence-corrected chi connectivity index (χ2v) is 14.4. The van der Waals surface area contributed by atoms with Crippen LogP contribution >= 0.6 is 0 Å². The van der Waals surface area contributed by atoms with Gasteiger partial charge >= 0.3 is 12.1 Å². The van der Waals surface area contributed by atoms with Gasteiger partial charge in [-0.05, 0) is 95.0 Å². The minimum Gasteiger partial charge on any atom is -0.490 e. The summed E-state index contributed by atoms with van der Waals surface area (Å²) in [5.74, 6) is -1.59. The van der Waals surface area contributed by atoms with Crippen molar-refractivity contribution in [1.29, 1.82) is 0 Å². The van der Waals surface area contributed by atoms with Crippen molar-refractivity contribution in [1.82, 2.24) is 26.3 Å². The van der Waals surface area contributed by atoms with E-state index in [9.17, 15) is 23.6 Å². The predicted octanol–water partition coefficient (Wildman–Crippen LogP) is 5.42. The van der Waals surface area contributed by atoms with E-state index in [1.54, 1.807) is 45.3 Å². The summed E-state index contributed by atoms with van der Waals surface area (Å²) in [6.45, 7) is 15.7. The van der Waals surface area contributed by atoms with Gasteiger partial charge < -0.3 is 30.2 Å². The average Bonchev–Trinajstić information content (AvgIpc) is 3.07. The predicted molar refractivity (Wildman–Crippen MR) is 198 cm³/mol. The summed E-state index contributed by atoms with van der Waals surface area (Å²) in [5, 5.41) is 11.7. The standard InChI is InChI=1S/C39H60FN5O7/c1-9-11-21-50-37(48)31(14-10-2)44-36(47)34(26(3)4)45-35(46)32(23-28-15-12-17-30(40)22-28)43-27(5)25-51-33-24-41-20-18-29(33)16-13-19-42-38(49)52-39(6,7)8/h12,15,17-18,20,22,24,26-27,31-32,34,43H,9-11,13-14,16,19,21,23,25H2,1-8H3,(H,42,49)(H,44,47)(H,45,46)/t27-,31-,32+,34+/m0/s1. The van der Waals surface area contributed by atoms with Crippen LogP contribution in [0.1, 0.15) is 98.6 Å². The SMILES string of the molecule is CCCCOC(=O)[C@H](CCC)NC(=O)[C@H](NC(=O)[C@@H](Cc1cccc(F)c1)N[C@@H](C)COc1cnccc1CCCNC(=O)OC(C)(C)C)C(C)C. The summed E-state index contributed by atoms with van der Waals surface area (Å²) < 4.78 is 30.9. The molecule has 1 aromatic heterocycles. The van der Waals surface area contributed by atoms with E-state index in [0.29, 0.717) is 43.5 Å². The number of nitrogens with zero attached hydrogens (tertiary/aromatic N) is 1. The second kappa shape index (κ2) is 22.6. The van der Waals surface area contributed by atoms with Crippen molar-refractivity contribution < 1.29 is 37.8 Å². The highest BCUT2D eigenvalue weighted by Gasteiger charge is 2.32. The largest absolute Gasteiger partial charge is 0.490 e. The van der Waals surface area contributed by atoms with E-state index >= 15 is 0 Å². The molecular formula is C39H60FN5O7. The quantitative estimate of drug-likeness (QED) is 0.0919. The molecule has 0 unspecified atom stereocenters. The molecule has 1 aromatic carbocycles. The number of carbonyl (C=O) groups excluding carboxylic acids is 4. The first-order valence-electron chi connectivity index (χ1n) is 18.4. The molecule has 0 aliphatic heterocycles. The Labute approximate surface area is 308 Å². The first kappa shape index (κ1) is 43.9. The van der Waals surface area contributed by atoms with Crippen molar-refractivity contribution in [2.45, 2.75) is 130 Å². The highest BCUT2D eigenvalue weighted by molar-refractivity contribution is 5.92. The molecule has 4 atom stereocenters. The number of alkyl carbamates (subject to hydrolysis) is 1. The molecule has 12 nitrogen and oxygen atoms in total. The molecule has 2 rings (SSSR count). The van der Waals surface area contributed by atoms with Gasteiger partial charge in [0.25, 0.3) is 0 Å². The molecule has 0 radical (unpaired) electrons. The lowest BCUT2D eigenvalue weighted by atomic mass is 10.00. The van der Waals surface area contributed by atoms with Gasteiger partial charge in [0, 0.05) is 18.8 Å². The first-order chi connectivity index (χ1) is 24.6. The normalized spacial score (nSPS) is 13.7. The Morgan fingerprint density at radius 2 is 1.69 bits per heavy atom. The number of esters is 1. The van der Waals surface area contributed by atoms with Crippen LogP contribution < -0.4 is 26.0 Å². The zero-order valence-corrected chi connectivity index (χ0v) is 32.2. The monoisotopic (exact) mass is 729 g/mol. The van der Waals surface area contributed by atoms with E-state index in [1.165, 1.54) is 12.1 Å². The van der Waals surface area contributed by atoms with Crippen molar-refractivity contribution in [3.8, 4) is 5.75 Å². The molecule has 2 aromatic rings. The summed E-state index contributed by atoms with van der Waals surface area (Å²) >= 11 is 0. The molecule has 3 amide bonds. The Bertz CT molecular complexity index is 1420. The molecule has 1 heterocycles. The Balaban J connectivity index is 2.12. The number of ether oxygens (including phenoxy) is 3. The number of hydrogen-bond acceptors (Lipinski definition) is 9. The molecule has 0 aliphatic carbocycles. The Hall–Kier alpha value is -4.26. The van der Waals surface area contributed by atoms with Gasteiger partial charge in [-0.2, -0.15) is 0 Å². The number of rotatable bonds is 22. The van der Waals surface area contributed by atoms with Crippen LogP contribution in [0.3, 0.4) is 0 Å². The molecule has 0 bridgehead atoms. The van der Waals surface area contributed by atoms with Gasteiger partial charge in [-0.25, -0.2) is 14.0 Å². The molecule has 4 N–H and O–H groups in total. The maximum Gasteiger partial charge on any atom is 0.407 e. The third kappa shape index (κ3) is 16.8.